The highest BCUT2D eigenvalue weighted by Gasteiger charge is 2.05. The summed E-state index contributed by atoms with van der Waals surface area (Å²) in [5.41, 5.74) is 0. The van der Waals surface area contributed by atoms with Crippen molar-refractivity contribution in [2.24, 2.45) is 0 Å². The van der Waals surface area contributed by atoms with Gasteiger partial charge in [0, 0.05) is 11.4 Å². The van der Waals surface area contributed by atoms with E-state index in [1.165, 1.54) is 6.42 Å². The molecule has 5 heteroatoms. The molecule has 0 bridgehead atoms. The summed E-state index contributed by atoms with van der Waals surface area (Å²) in [5.74, 6) is 1.66. The maximum atomic E-state index is 5.90. The van der Waals surface area contributed by atoms with Crippen LogP contribution in [0, 0.1) is 3.57 Å². The molecule has 0 radical (unpaired) electrons. The average Bonchev–Trinajstić information content (AvgIpc) is 2.19. The van der Waals surface area contributed by atoms with Gasteiger partial charge in [-0.05, 0) is 29.0 Å². The highest BCUT2D eigenvalue weighted by molar-refractivity contribution is 14.1. The van der Waals surface area contributed by atoms with Crippen LogP contribution in [-0.2, 0) is 5.75 Å². The van der Waals surface area contributed by atoms with Crippen molar-refractivity contribution in [1.82, 2.24) is 9.97 Å². The summed E-state index contributed by atoms with van der Waals surface area (Å²) < 4.78 is 0.904. The quantitative estimate of drug-likeness (QED) is 0.615. The standard InChI is InChI=1S/C9H12ClIN2S/c1-3-6(2)14-5-8-12-4-7(11)9(10)13-8/h4,6H,3,5H2,1-2H3. The molecule has 0 aliphatic heterocycles. The zero-order valence-electron chi connectivity index (χ0n) is 8.13. The number of halogens is 2. The Bertz CT molecular complexity index is 309. The number of thioether (sulfide) groups is 1. The molecule has 0 saturated heterocycles. The summed E-state index contributed by atoms with van der Waals surface area (Å²) in [6, 6.07) is 0. The van der Waals surface area contributed by atoms with E-state index in [1.807, 2.05) is 11.8 Å². The van der Waals surface area contributed by atoms with Crippen molar-refractivity contribution in [2.75, 3.05) is 0 Å². The Morgan fingerprint density at radius 3 is 2.93 bits per heavy atom. The molecular weight excluding hydrogens is 331 g/mol. The Balaban J connectivity index is 2.55. The molecule has 78 valence electrons. The first-order valence-electron chi connectivity index (χ1n) is 4.42. The van der Waals surface area contributed by atoms with Crippen LogP contribution >= 0.6 is 46.0 Å². The molecule has 1 rings (SSSR count). The summed E-state index contributed by atoms with van der Waals surface area (Å²) >= 11 is 9.88. The molecule has 1 heterocycles. The third kappa shape index (κ3) is 3.90. The summed E-state index contributed by atoms with van der Waals surface area (Å²) in [6.07, 6.45) is 2.94. The molecule has 14 heavy (non-hydrogen) atoms. The van der Waals surface area contributed by atoms with Crippen LogP contribution in [0.25, 0.3) is 0 Å². The molecule has 0 aliphatic rings. The Morgan fingerprint density at radius 2 is 2.36 bits per heavy atom. The Kier molecular flexibility index (Phi) is 5.48. The Hall–Kier alpha value is 0.450. The van der Waals surface area contributed by atoms with Crippen molar-refractivity contribution in [3.05, 3.63) is 20.7 Å². The van der Waals surface area contributed by atoms with Gasteiger partial charge in [-0.1, -0.05) is 25.4 Å². The normalized spacial score (nSPS) is 12.9. The minimum absolute atomic E-state index is 0.556. The minimum Gasteiger partial charge on any atom is -0.239 e. The third-order valence-electron chi connectivity index (χ3n) is 1.82. The van der Waals surface area contributed by atoms with E-state index in [1.54, 1.807) is 6.20 Å². The molecule has 0 N–H and O–H groups in total. The molecule has 1 atom stereocenters. The van der Waals surface area contributed by atoms with Gasteiger partial charge < -0.3 is 0 Å². The SMILES string of the molecule is CCC(C)SCc1ncc(I)c(Cl)n1. The summed E-state index contributed by atoms with van der Waals surface area (Å²) in [5, 5.41) is 1.21. The largest absolute Gasteiger partial charge is 0.239 e. The molecular formula is C9H12ClIN2S. The molecule has 0 saturated carbocycles. The summed E-state index contributed by atoms with van der Waals surface area (Å²) in [7, 11) is 0. The van der Waals surface area contributed by atoms with E-state index in [2.05, 4.69) is 46.4 Å². The molecule has 0 spiro atoms. The lowest BCUT2D eigenvalue weighted by molar-refractivity contribution is 0.900. The third-order valence-corrected chi connectivity index (χ3v) is 4.55. The highest BCUT2D eigenvalue weighted by atomic mass is 127. The number of nitrogens with zero attached hydrogens (tertiary/aromatic N) is 2. The first-order valence-corrected chi connectivity index (χ1v) is 6.92. The maximum absolute atomic E-state index is 5.90. The topological polar surface area (TPSA) is 25.8 Å². The van der Waals surface area contributed by atoms with Gasteiger partial charge in [0.15, 0.2) is 0 Å². The maximum Gasteiger partial charge on any atom is 0.146 e. The van der Waals surface area contributed by atoms with Gasteiger partial charge >= 0.3 is 0 Å². The fourth-order valence-electron chi connectivity index (χ4n) is 0.784. The van der Waals surface area contributed by atoms with Crippen LogP contribution in [0.2, 0.25) is 5.15 Å². The first-order chi connectivity index (χ1) is 6.63. The second kappa shape index (κ2) is 6.12. The van der Waals surface area contributed by atoms with Crippen molar-refractivity contribution in [3.8, 4) is 0 Å². The molecule has 1 aromatic rings. The molecule has 1 unspecified atom stereocenters. The fourth-order valence-corrected chi connectivity index (χ4v) is 2.00. The van der Waals surface area contributed by atoms with Gasteiger partial charge in [0.05, 0.1) is 9.32 Å². The highest BCUT2D eigenvalue weighted by Crippen LogP contribution is 2.20. The van der Waals surface area contributed by atoms with E-state index in [4.69, 9.17) is 11.6 Å². The molecule has 0 aliphatic carbocycles. The second-order valence-corrected chi connectivity index (χ2v) is 5.90. The first kappa shape index (κ1) is 12.5. The van der Waals surface area contributed by atoms with Crippen molar-refractivity contribution in [2.45, 2.75) is 31.3 Å². The predicted octanol–water partition coefficient (Wildman–Crippen LogP) is 3.77. The summed E-state index contributed by atoms with van der Waals surface area (Å²) in [4.78, 5) is 8.43. The fraction of sp³-hybridized carbons (Fsp3) is 0.556. The minimum atomic E-state index is 0.556. The Labute approximate surface area is 107 Å². The van der Waals surface area contributed by atoms with Crippen LogP contribution in [0.1, 0.15) is 26.1 Å². The van der Waals surface area contributed by atoms with E-state index in [0.29, 0.717) is 10.4 Å². The van der Waals surface area contributed by atoms with Gasteiger partial charge in [0.2, 0.25) is 0 Å². The lowest BCUT2D eigenvalue weighted by atomic mass is 10.4. The molecule has 2 nitrogen and oxygen atoms in total. The van der Waals surface area contributed by atoms with Gasteiger partial charge in [-0.15, -0.1) is 0 Å². The van der Waals surface area contributed by atoms with Gasteiger partial charge in [0.1, 0.15) is 11.0 Å². The molecule has 0 amide bonds. The molecule has 0 aromatic carbocycles. The van der Waals surface area contributed by atoms with Gasteiger partial charge in [-0.2, -0.15) is 11.8 Å². The monoisotopic (exact) mass is 342 g/mol. The lowest BCUT2D eigenvalue weighted by Crippen LogP contribution is -1.98. The van der Waals surface area contributed by atoms with Crippen molar-refractivity contribution >= 4 is 46.0 Å². The van der Waals surface area contributed by atoms with E-state index in [0.717, 1.165) is 15.1 Å². The number of rotatable bonds is 4. The van der Waals surface area contributed by atoms with Gasteiger partial charge in [0.25, 0.3) is 0 Å². The molecule has 0 fully saturated rings. The number of hydrogen-bond donors (Lipinski definition) is 0. The molecule has 1 aromatic heterocycles. The van der Waals surface area contributed by atoms with Crippen molar-refractivity contribution < 1.29 is 0 Å². The average molecular weight is 343 g/mol. The van der Waals surface area contributed by atoms with Crippen LogP contribution in [0.3, 0.4) is 0 Å². The van der Waals surface area contributed by atoms with Crippen LogP contribution < -0.4 is 0 Å². The smallest absolute Gasteiger partial charge is 0.146 e. The zero-order valence-corrected chi connectivity index (χ0v) is 11.9. The number of aromatic nitrogens is 2. The van der Waals surface area contributed by atoms with Crippen LogP contribution in [0.4, 0.5) is 0 Å². The second-order valence-electron chi connectivity index (χ2n) is 2.95. The number of hydrogen-bond acceptors (Lipinski definition) is 3. The lowest BCUT2D eigenvalue weighted by Gasteiger charge is -2.06. The van der Waals surface area contributed by atoms with Gasteiger partial charge in [-0.25, -0.2) is 9.97 Å². The van der Waals surface area contributed by atoms with E-state index >= 15 is 0 Å². The van der Waals surface area contributed by atoms with E-state index in [9.17, 15) is 0 Å². The summed E-state index contributed by atoms with van der Waals surface area (Å²) in [6.45, 7) is 4.39. The van der Waals surface area contributed by atoms with E-state index < -0.39 is 0 Å². The van der Waals surface area contributed by atoms with Crippen LogP contribution in [-0.4, -0.2) is 15.2 Å². The van der Waals surface area contributed by atoms with Crippen LogP contribution in [0.5, 0.6) is 0 Å². The zero-order chi connectivity index (χ0) is 10.6. The van der Waals surface area contributed by atoms with Crippen molar-refractivity contribution in [3.63, 3.8) is 0 Å². The van der Waals surface area contributed by atoms with Crippen molar-refractivity contribution in [1.29, 1.82) is 0 Å². The Morgan fingerprint density at radius 1 is 1.64 bits per heavy atom. The van der Waals surface area contributed by atoms with E-state index in [-0.39, 0.29) is 0 Å². The van der Waals surface area contributed by atoms with Crippen LogP contribution in [0.15, 0.2) is 6.20 Å². The van der Waals surface area contributed by atoms with Gasteiger partial charge in [-0.3, -0.25) is 0 Å². The predicted molar refractivity (Wildman–Crippen MR) is 70.8 cm³/mol.